The third kappa shape index (κ3) is 6.70. The molecule has 1 unspecified atom stereocenters. The van der Waals surface area contributed by atoms with E-state index in [4.69, 9.17) is 18.9 Å². The average molecular weight is 977 g/mol. The first-order valence-corrected chi connectivity index (χ1v) is 24.6. The largest absolute Gasteiger partial charge is 0.457 e. The van der Waals surface area contributed by atoms with Crippen LogP contribution >= 0.6 is 0 Å². The number of benzene rings is 10. The van der Waals surface area contributed by atoms with E-state index in [0.717, 1.165) is 56.0 Å². The maximum Gasteiger partial charge on any atom is 0.159 e. The molecule has 10 heteroatoms. The third-order valence-corrected chi connectivity index (χ3v) is 14.7. The molecule has 0 spiro atoms. The molecule has 10 aromatic carbocycles. The van der Waals surface area contributed by atoms with Crippen LogP contribution in [0.25, 0.3) is 11.1 Å². The molecular weight excluding hydrogens is 941 g/mol. The topological polar surface area (TPSA) is 139 Å². The number of nitrogens with zero attached hydrogens (tertiary/aromatic N) is 6. The third-order valence-electron chi connectivity index (χ3n) is 14.7. The van der Waals surface area contributed by atoms with Crippen LogP contribution in [-0.4, -0.2) is 0 Å². The molecule has 4 aliphatic rings. The zero-order valence-electron chi connectivity index (χ0n) is 40.1. The van der Waals surface area contributed by atoms with E-state index >= 15 is 0 Å². The molecule has 14 rings (SSSR count). The maximum absolute atomic E-state index is 10.9. The van der Waals surface area contributed by atoms with Crippen LogP contribution in [0.2, 0.25) is 0 Å². The minimum atomic E-state index is -0.477. The Balaban J connectivity index is 0.921. The summed E-state index contributed by atoms with van der Waals surface area (Å²) in [5.41, 5.74) is 12.1. The van der Waals surface area contributed by atoms with E-state index in [2.05, 4.69) is 29.2 Å². The van der Waals surface area contributed by atoms with Gasteiger partial charge in [0.15, 0.2) is 23.0 Å². The van der Waals surface area contributed by atoms with Gasteiger partial charge in [-0.1, -0.05) is 115 Å². The van der Waals surface area contributed by atoms with E-state index in [9.17, 15) is 21.0 Å². The minimum Gasteiger partial charge on any atom is -0.457 e. The van der Waals surface area contributed by atoms with Gasteiger partial charge in [-0.15, -0.1) is 0 Å². The van der Waals surface area contributed by atoms with Crippen LogP contribution < -0.4 is 28.7 Å². The standard InChI is InChI=1S/C66H36N6O4/c67-35-40-31-43(38-70)56(34-49(40)64-45-14-1-7-22-57(45)73-58-23-8-2-15-46(58)64)72-53-20-6-12-27-62(53)76-66-44(17-13-21-54(66)72)39-28-29-48-63(32-39)74-59-24-9-3-16-47(59)65(48)50-33-55(42(37-69)30-41(50)36-68)71-51-18-4-10-25-60(51)75-61-26-11-5-19-52(61)71/h1-34,64-65H. The summed E-state index contributed by atoms with van der Waals surface area (Å²) >= 11 is 0. The van der Waals surface area contributed by atoms with Gasteiger partial charge < -0.3 is 28.7 Å². The van der Waals surface area contributed by atoms with Gasteiger partial charge in [-0.05, 0) is 108 Å². The van der Waals surface area contributed by atoms with E-state index in [1.165, 1.54) is 0 Å². The Labute approximate surface area is 437 Å². The molecule has 76 heavy (non-hydrogen) atoms. The van der Waals surface area contributed by atoms with Gasteiger partial charge in [0.1, 0.15) is 35.1 Å². The number of hydrogen-bond donors (Lipinski definition) is 0. The van der Waals surface area contributed by atoms with E-state index in [1.807, 2.05) is 199 Å². The summed E-state index contributed by atoms with van der Waals surface area (Å²) in [6, 6.07) is 75.8. The van der Waals surface area contributed by atoms with Gasteiger partial charge >= 0.3 is 0 Å². The van der Waals surface area contributed by atoms with E-state index in [-0.39, 0.29) is 5.92 Å². The molecule has 0 radical (unpaired) electrons. The summed E-state index contributed by atoms with van der Waals surface area (Å²) < 4.78 is 26.5. The normalized spacial score (nSPS) is 13.9. The van der Waals surface area contributed by atoms with Crippen LogP contribution in [0.3, 0.4) is 0 Å². The smallest absolute Gasteiger partial charge is 0.159 e. The van der Waals surface area contributed by atoms with Gasteiger partial charge in [-0.3, -0.25) is 0 Å². The van der Waals surface area contributed by atoms with Gasteiger partial charge in [-0.25, -0.2) is 0 Å². The molecule has 0 aliphatic carbocycles. The fourth-order valence-corrected chi connectivity index (χ4v) is 11.4. The minimum absolute atomic E-state index is 0.318. The summed E-state index contributed by atoms with van der Waals surface area (Å²) in [5, 5.41) is 43.3. The lowest BCUT2D eigenvalue weighted by molar-refractivity contribution is 0.452. The van der Waals surface area contributed by atoms with E-state index in [0.29, 0.717) is 90.9 Å². The van der Waals surface area contributed by atoms with Crippen molar-refractivity contribution in [1.29, 1.82) is 21.0 Å². The second-order valence-corrected chi connectivity index (χ2v) is 18.7. The first-order valence-electron chi connectivity index (χ1n) is 24.6. The van der Waals surface area contributed by atoms with Crippen molar-refractivity contribution in [1.82, 2.24) is 0 Å². The molecule has 0 fully saturated rings. The molecule has 0 aromatic heterocycles. The molecule has 354 valence electrons. The number of hydrogen-bond acceptors (Lipinski definition) is 10. The van der Waals surface area contributed by atoms with Gasteiger partial charge in [0, 0.05) is 39.7 Å². The number of ether oxygens (including phenoxy) is 4. The number of rotatable bonds is 5. The van der Waals surface area contributed by atoms with Crippen molar-refractivity contribution in [3.63, 3.8) is 0 Å². The molecule has 0 amide bonds. The molecular formula is C66H36N6O4. The number of para-hydroxylation sites is 10. The van der Waals surface area contributed by atoms with Crippen LogP contribution in [0.15, 0.2) is 206 Å². The van der Waals surface area contributed by atoms with Gasteiger partial charge in [0.25, 0.3) is 0 Å². The summed E-state index contributed by atoms with van der Waals surface area (Å²) in [6.45, 7) is 0. The maximum atomic E-state index is 10.9. The zero-order valence-corrected chi connectivity index (χ0v) is 40.1. The highest BCUT2D eigenvalue weighted by Gasteiger charge is 2.37. The van der Waals surface area contributed by atoms with Gasteiger partial charge in [0.05, 0.1) is 68.5 Å². The monoisotopic (exact) mass is 976 g/mol. The SMILES string of the molecule is N#Cc1cc(C#N)c(N2c3ccccc3Oc3ccccc32)cc1C1c2ccccc2Oc2cc(-c3cccc4c3Oc3ccccc3N4c3cc(C4c5ccccc5Oc5ccccc54)c(C#N)cc3C#N)ccc21. The zero-order chi connectivity index (χ0) is 51.0. The molecule has 0 saturated heterocycles. The molecule has 4 heterocycles. The lowest BCUT2D eigenvalue weighted by Gasteiger charge is -2.36. The molecule has 1 atom stereocenters. The van der Waals surface area contributed by atoms with Crippen LogP contribution in [0.4, 0.5) is 34.1 Å². The first-order chi connectivity index (χ1) is 37.5. The van der Waals surface area contributed by atoms with E-state index < -0.39 is 5.92 Å². The highest BCUT2D eigenvalue weighted by atomic mass is 16.5. The van der Waals surface area contributed by atoms with Crippen molar-refractivity contribution in [2.45, 2.75) is 11.8 Å². The lowest BCUT2D eigenvalue weighted by Crippen LogP contribution is -2.19. The Kier molecular flexibility index (Phi) is 9.97. The fourth-order valence-electron chi connectivity index (χ4n) is 11.4. The fraction of sp³-hybridized carbons (Fsp3) is 0.0303. The Morgan fingerprint density at radius 3 is 1.16 bits per heavy atom. The Morgan fingerprint density at radius 2 is 0.671 bits per heavy atom. The van der Waals surface area contributed by atoms with Crippen LogP contribution in [-0.2, 0) is 0 Å². The van der Waals surface area contributed by atoms with Crippen molar-refractivity contribution in [2.75, 3.05) is 9.80 Å². The van der Waals surface area contributed by atoms with Crippen molar-refractivity contribution < 1.29 is 18.9 Å². The van der Waals surface area contributed by atoms with E-state index in [1.54, 1.807) is 12.1 Å². The quantitative estimate of drug-likeness (QED) is 0.164. The molecule has 0 saturated carbocycles. The second-order valence-electron chi connectivity index (χ2n) is 18.7. The summed E-state index contributed by atoms with van der Waals surface area (Å²) in [5.74, 6) is 4.19. The van der Waals surface area contributed by atoms with Crippen LogP contribution in [0.5, 0.6) is 46.0 Å². The van der Waals surface area contributed by atoms with Crippen molar-refractivity contribution >= 4 is 34.1 Å². The molecule has 0 N–H and O–H groups in total. The molecule has 4 aliphatic heterocycles. The summed E-state index contributed by atoms with van der Waals surface area (Å²) in [6.07, 6.45) is 0. The lowest BCUT2D eigenvalue weighted by atomic mass is 9.79. The number of nitriles is 4. The summed E-state index contributed by atoms with van der Waals surface area (Å²) in [4.78, 5) is 4.09. The Morgan fingerprint density at radius 1 is 0.289 bits per heavy atom. The van der Waals surface area contributed by atoms with Crippen LogP contribution in [0.1, 0.15) is 67.5 Å². The predicted octanol–water partition coefficient (Wildman–Crippen LogP) is 16.6. The van der Waals surface area contributed by atoms with Crippen LogP contribution in [0, 0.1) is 45.3 Å². The highest BCUT2D eigenvalue weighted by molar-refractivity contribution is 5.94. The highest BCUT2D eigenvalue weighted by Crippen LogP contribution is 2.58. The molecule has 10 nitrogen and oxygen atoms in total. The van der Waals surface area contributed by atoms with Crippen molar-refractivity contribution in [3.05, 3.63) is 262 Å². The summed E-state index contributed by atoms with van der Waals surface area (Å²) in [7, 11) is 0. The predicted molar refractivity (Wildman–Crippen MR) is 288 cm³/mol. The molecule has 0 bridgehead atoms. The number of anilines is 6. The van der Waals surface area contributed by atoms with Crippen molar-refractivity contribution in [2.24, 2.45) is 0 Å². The number of fused-ring (bicyclic) bond motifs is 8. The van der Waals surface area contributed by atoms with Crippen molar-refractivity contribution in [3.8, 4) is 81.4 Å². The first kappa shape index (κ1) is 43.7. The Bertz CT molecular complexity index is 4220. The average Bonchev–Trinajstić information content (AvgIpc) is 3.56. The van der Waals surface area contributed by atoms with Gasteiger partial charge in [-0.2, -0.15) is 21.0 Å². The van der Waals surface area contributed by atoms with Gasteiger partial charge in [0.2, 0.25) is 0 Å². The second kappa shape index (κ2) is 17.3. The molecule has 10 aromatic rings. The Hall–Kier alpha value is -11.0.